The molecule has 0 bridgehead atoms. The van der Waals surface area contributed by atoms with E-state index in [9.17, 15) is 9.90 Å². The van der Waals surface area contributed by atoms with E-state index in [4.69, 9.17) is 15.7 Å². The van der Waals surface area contributed by atoms with Crippen LogP contribution in [0.2, 0.25) is 0 Å². The maximum atomic E-state index is 12.2. The predicted octanol–water partition coefficient (Wildman–Crippen LogP) is 4.06. The van der Waals surface area contributed by atoms with Gasteiger partial charge in [-0.2, -0.15) is 5.26 Å². The van der Waals surface area contributed by atoms with Gasteiger partial charge in [-0.3, -0.25) is 4.90 Å². The van der Waals surface area contributed by atoms with Crippen molar-refractivity contribution in [2.24, 2.45) is 5.73 Å². The van der Waals surface area contributed by atoms with Gasteiger partial charge in [-0.15, -0.1) is 0 Å². The number of nitrogens with zero attached hydrogens (tertiary/aromatic N) is 2. The van der Waals surface area contributed by atoms with E-state index in [1.165, 1.54) is 18.2 Å². The van der Waals surface area contributed by atoms with E-state index in [2.05, 4.69) is 0 Å². The van der Waals surface area contributed by atoms with E-state index in [-0.39, 0.29) is 17.0 Å². The third-order valence-corrected chi connectivity index (χ3v) is 3.91. The fourth-order valence-corrected chi connectivity index (χ4v) is 2.65. The first-order chi connectivity index (χ1) is 13.1. The summed E-state index contributed by atoms with van der Waals surface area (Å²) in [5.74, 6) is 0.203. The lowest BCUT2D eigenvalue weighted by Crippen LogP contribution is -2.31. The van der Waals surface area contributed by atoms with E-state index in [1.54, 1.807) is 24.3 Å². The number of nitriles is 1. The Hall–Kier alpha value is -3.98. The molecular weight excluding hydrogens is 342 g/mol. The van der Waals surface area contributed by atoms with Gasteiger partial charge in [-0.05, 0) is 35.9 Å². The molecule has 2 amide bonds. The number of anilines is 2. The van der Waals surface area contributed by atoms with Crippen molar-refractivity contribution in [1.29, 1.82) is 5.26 Å². The average molecular weight is 359 g/mol. The molecule has 0 saturated carbocycles. The first kappa shape index (κ1) is 17.8. The molecule has 3 aromatic rings. The third kappa shape index (κ3) is 3.99. The van der Waals surface area contributed by atoms with Crippen molar-refractivity contribution < 1.29 is 14.6 Å². The van der Waals surface area contributed by atoms with Crippen LogP contribution in [0.5, 0.6) is 11.5 Å². The molecule has 6 heteroatoms. The maximum absolute atomic E-state index is 12.2. The van der Waals surface area contributed by atoms with Gasteiger partial charge < -0.3 is 15.6 Å². The number of carbonyl (C=O) groups excluding carboxylic acids is 1. The lowest BCUT2D eigenvalue weighted by atomic mass is 10.1. The highest BCUT2D eigenvalue weighted by molar-refractivity contribution is 6.01. The van der Waals surface area contributed by atoms with E-state index >= 15 is 0 Å². The molecule has 134 valence electrons. The molecule has 0 unspecified atom stereocenters. The summed E-state index contributed by atoms with van der Waals surface area (Å²) in [6.45, 7) is 0.309. The number of hydrogen-bond acceptors (Lipinski definition) is 4. The molecule has 0 aliphatic heterocycles. The lowest BCUT2D eigenvalue weighted by Gasteiger charge is -2.24. The highest BCUT2D eigenvalue weighted by Crippen LogP contribution is 2.38. The van der Waals surface area contributed by atoms with Crippen LogP contribution in [0, 0.1) is 11.3 Å². The Morgan fingerprint density at radius 1 is 1.04 bits per heavy atom. The number of nitrogens with two attached hydrogens (primary N) is 1. The van der Waals surface area contributed by atoms with Crippen LogP contribution in [0.15, 0.2) is 72.8 Å². The Kier molecular flexibility index (Phi) is 5.24. The zero-order valence-electron chi connectivity index (χ0n) is 14.4. The minimum absolute atomic E-state index is 0.164. The zero-order chi connectivity index (χ0) is 19.2. The molecule has 27 heavy (non-hydrogen) atoms. The summed E-state index contributed by atoms with van der Waals surface area (Å²) in [5, 5.41) is 19.2. The van der Waals surface area contributed by atoms with Gasteiger partial charge in [0.2, 0.25) is 0 Å². The van der Waals surface area contributed by atoms with Gasteiger partial charge in [0, 0.05) is 0 Å². The standard InChI is InChI=1S/C21H17N3O3/c22-13-16-10-11-17(19(25)12-16)24(21(23)26)18-8-4-5-9-20(18)27-14-15-6-2-1-3-7-15/h1-12,25H,14H2,(H2,23,26). The van der Waals surface area contributed by atoms with Crippen LogP contribution in [0.4, 0.5) is 16.2 Å². The minimum Gasteiger partial charge on any atom is -0.506 e. The van der Waals surface area contributed by atoms with E-state index in [0.717, 1.165) is 10.5 Å². The summed E-state index contributed by atoms with van der Waals surface area (Å²) in [6.07, 6.45) is 0. The fourth-order valence-electron chi connectivity index (χ4n) is 2.65. The van der Waals surface area contributed by atoms with Crippen LogP contribution in [0.3, 0.4) is 0 Å². The largest absolute Gasteiger partial charge is 0.506 e. The Morgan fingerprint density at radius 2 is 1.74 bits per heavy atom. The molecule has 6 nitrogen and oxygen atoms in total. The van der Waals surface area contributed by atoms with E-state index in [0.29, 0.717) is 18.0 Å². The number of ether oxygens (including phenoxy) is 1. The van der Waals surface area contributed by atoms with Gasteiger partial charge >= 0.3 is 6.03 Å². The molecule has 0 aliphatic carbocycles. The number of carbonyl (C=O) groups is 1. The number of rotatable bonds is 5. The van der Waals surface area contributed by atoms with Crippen molar-refractivity contribution in [3.05, 3.63) is 83.9 Å². The van der Waals surface area contributed by atoms with Gasteiger partial charge in [0.05, 0.1) is 23.0 Å². The Labute approximate surface area is 156 Å². The van der Waals surface area contributed by atoms with Gasteiger partial charge in [0.15, 0.2) is 0 Å². The van der Waals surface area contributed by atoms with Crippen molar-refractivity contribution in [1.82, 2.24) is 0 Å². The number of para-hydroxylation sites is 2. The Bertz CT molecular complexity index is 997. The van der Waals surface area contributed by atoms with Crippen LogP contribution >= 0.6 is 0 Å². The number of benzene rings is 3. The summed E-state index contributed by atoms with van der Waals surface area (Å²) < 4.78 is 5.88. The van der Waals surface area contributed by atoms with Gasteiger partial charge in [0.1, 0.15) is 18.1 Å². The smallest absolute Gasteiger partial charge is 0.324 e. The van der Waals surface area contributed by atoms with Crippen LogP contribution in [-0.4, -0.2) is 11.1 Å². The van der Waals surface area contributed by atoms with Gasteiger partial charge in [-0.25, -0.2) is 4.79 Å². The number of aromatic hydroxyl groups is 1. The monoisotopic (exact) mass is 359 g/mol. The molecule has 3 N–H and O–H groups in total. The SMILES string of the molecule is N#Cc1ccc(N(C(N)=O)c2ccccc2OCc2ccccc2)c(O)c1. The Balaban J connectivity index is 1.97. The van der Waals surface area contributed by atoms with E-state index in [1.807, 2.05) is 36.4 Å². The summed E-state index contributed by atoms with van der Waals surface area (Å²) in [5.41, 5.74) is 7.37. The van der Waals surface area contributed by atoms with Crippen LogP contribution in [-0.2, 0) is 6.61 Å². The van der Waals surface area contributed by atoms with Crippen molar-refractivity contribution in [3.8, 4) is 17.6 Å². The second kappa shape index (κ2) is 7.93. The molecule has 3 aromatic carbocycles. The second-order valence-corrected chi connectivity index (χ2v) is 5.73. The summed E-state index contributed by atoms with van der Waals surface area (Å²) >= 11 is 0. The van der Waals surface area contributed by atoms with E-state index < -0.39 is 6.03 Å². The van der Waals surface area contributed by atoms with Crippen molar-refractivity contribution in [3.63, 3.8) is 0 Å². The Morgan fingerprint density at radius 3 is 2.41 bits per heavy atom. The molecule has 3 rings (SSSR count). The van der Waals surface area contributed by atoms with Crippen molar-refractivity contribution in [2.75, 3.05) is 4.90 Å². The molecule has 0 fully saturated rings. The van der Waals surface area contributed by atoms with Gasteiger partial charge in [-0.1, -0.05) is 42.5 Å². The number of phenolic OH excluding ortho intramolecular Hbond substituents is 1. The van der Waals surface area contributed by atoms with Crippen LogP contribution in [0.1, 0.15) is 11.1 Å². The highest BCUT2D eigenvalue weighted by atomic mass is 16.5. The predicted molar refractivity (Wildman–Crippen MR) is 102 cm³/mol. The molecule has 0 spiro atoms. The molecule has 0 aromatic heterocycles. The second-order valence-electron chi connectivity index (χ2n) is 5.73. The maximum Gasteiger partial charge on any atom is 0.324 e. The summed E-state index contributed by atoms with van der Waals surface area (Å²) in [7, 11) is 0. The third-order valence-electron chi connectivity index (χ3n) is 3.91. The molecule has 0 atom stereocenters. The minimum atomic E-state index is -0.786. The number of primary amides is 1. The normalized spacial score (nSPS) is 10.0. The first-order valence-electron chi connectivity index (χ1n) is 8.18. The molecule has 0 saturated heterocycles. The molecule has 0 aliphatic rings. The van der Waals surface area contributed by atoms with Crippen molar-refractivity contribution in [2.45, 2.75) is 6.61 Å². The van der Waals surface area contributed by atoms with Gasteiger partial charge in [0.25, 0.3) is 0 Å². The van der Waals surface area contributed by atoms with Crippen molar-refractivity contribution >= 4 is 17.4 Å². The van der Waals surface area contributed by atoms with Crippen LogP contribution in [0.25, 0.3) is 0 Å². The number of amides is 2. The number of urea groups is 1. The quantitative estimate of drug-likeness (QED) is 0.717. The number of hydrogen-bond donors (Lipinski definition) is 2. The summed E-state index contributed by atoms with van der Waals surface area (Å²) in [6, 6.07) is 21.9. The number of phenols is 1. The molecular formula is C21H17N3O3. The molecule has 0 heterocycles. The van der Waals surface area contributed by atoms with Crippen LogP contribution < -0.4 is 15.4 Å². The fraction of sp³-hybridized carbons (Fsp3) is 0.0476. The zero-order valence-corrected chi connectivity index (χ0v) is 14.4. The first-order valence-corrected chi connectivity index (χ1v) is 8.18. The topological polar surface area (TPSA) is 99.6 Å². The lowest BCUT2D eigenvalue weighted by molar-refractivity contribution is 0.255. The molecule has 0 radical (unpaired) electrons. The summed E-state index contributed by atoms with van der Waals surface area (Å²) in [4.78, 5) is 13.3. The highest BCUT2D eigenvalue weighted by Gasteiger charge is 2.22. The average Bonchev–Trinajstić information content (AvgIpc) is 2.69.